The largest absolute Gasteiger partial charge is 0.393 e. The van der Waals surface area contributed by atoms with E-state index in [-0.39, 0.29) is 29.8 Å². The van der Waals surface area contributed by atoms with Crippen molar-refractivity contribution in [3.63, 3.8) is 0 Å². The molecule has 1 saturated carbocycles. The highest BCUT2D eigenvalue weighted by Gasteiger charge is 2.23. The lowest BCUT2D eigenvalue weighted by Gasteiger charge is -2.27. The van der Waals surface area contributed by atoms with Crippen molar-refractivity contribution in [2.45, 2.75) is 51.2 Å². The monoisotopic (exact) mass is 279 g/mol. The van der Waals surface area contributed by atoms with Gasteiger partial charge in [0.1, 0.15) is 5.82 Å². The van der Waals surface area contributed by atoms with E-state index in [1.54, 1.807) is 18.2 Å². The van der Waals surface area contributed by atoms with E-state index in [2.05, 4.69) is 5.32 Å². The molecular weight excluding hydrogens is 257 g/mol. The van der Waals surface area contributed by atoms with Crippen molar-refractivity contribution < 1.29 is 14.3 Å². The molecular formula is C16H22FNO2. The topological polar surface area (TPSA) is 49.3 Å². The molecule has 110 valence electrons. The van der Waals surface area contributed by atoms with E-state index in [0.29, 0.717) is 12.0 Å². The van der Waals surface area contributed by atoms with Crippen LogP contribution in [0.4, 0.5) is 4.39 Å². The van der Waals surface area contributed by atoms with Crippen molar-refractivity contribution >= 4 is 5.91 Å². The fraction of sp³-hybridized carbons (Fsp3) is 0.562. The normalized spacial score (nSPS) is 24.1. The lowest BCUT2D eigenvalue weighted by Crippen LogP contribution is -2.41. The Morgan fingerprint density at radius 1 is 1.35 bits per heavy atom. The summed E-state index contributed by atoms with van der Waals surface area (Å²) in [5.41, 5.74) is 0.578. The number of hydrogen-bond acceptors (Lipinski definition) is 2. The van der Waals surface area contributed by atoms with Crippen molar-refractivity contribution in [1.82, 2.24) is 5.32 Å². The van der Waals surface area contributed by atoms with Crippen molar-refractivity contribution in [3.05, 3.63) is 35.6 Å². The molecule has 0 heterocycles. The van der Waals surface area contributed by atoms with Crippen LogP contribution in [0, 0.1) is 11.7 Å². The van der Waals surface area contributed by atoms with Gasteiger partial charge in [-0.3, -0.25) is 4.79 Å². The van der Waals surface area contributed by atoms with E-state index in [1.807, 2.05) is 6.92 Å². The van der Waals surface area contributed by atoms with Gasteiger partial charge in [-0.2, -0.15) is 0 Å². The van der Waals surface area contributed by atoms with E-state index in [9.17, 15) is 14.3 Å². The molecule has 0 spiro atoms. The maximum absolute atomic E-state index is 13.6. The number of carbonyl (C=O) groups is 1. The second kappa shape index (κ2) is 6.84. The van der Waals surface area contributed by atoms with Crippen LogP contribution < -0.4 is 5.32 Å². The third-order valence-corrected chi connectivity index (χ3v) is 3.97. The van der Waals surface area contributed by atoms with Gasteiger partial charge in [-0.05, 0) is 43.7 Å². The second-order valence-electron chi connectivity index (χ2n) is 5.71. The molecule has 20 heavy (non-hydrogen) atoms. The summed E-state index contributed by atoms with van der Waals surface area (Å²) in [4.78, 5) is 12.1. The Morgan fingerprint density at radius 2 is 2.00 bits per heavy atom. The van der Waals surface area contributed by atoms with E-state index in [1.165, 1.54) is 6.07 Å². The minimum absolute atomic E-state index is 0.0327. The molecule has 0 aromatic heterocycles. The van der Waals surface area contributed by atoms with Gasteiger partial charge in [0.15, 0.2) is 0 Å². The van der Waals surface area contributed by atoms with Gasteiger partial charge in [0.05, 0.1) is 6.10 Å². The van der Waals surface area contributed by atoms with E-state index < -0.39 is 0 Å². The first-order valence-corrected chi connectivity index (χ1v) is 7.28. The molecule has 2 N–H and O–H groups in total. The number of hydrogen-bond donors (Lipinski definition) is 2. The molecule has 3 nitrogen and oxygen atoms in total. The fourth-order valence-corrected chi connectivity index (χ4v) is 2.65. The average molecular weight is 279 g/mol. The van der Waals surface area contributed by atoms with Gasteiger partial charge >= 0.3 is 0 Å². The molecule has 0 aliphatic heterocycles. The summed E-state index contributed by atoms with van der Waals surface area (Å²) in [7, 11) is 0. The Balaban J connectivity index is 1.84. The van der Waals surface area contributed by atoms with Crippen LogP contribution >= 0.6 is 0 Å². The minimum atomic E-state index is -0.257. The molecule has 1 aliphatic rings. The zero-order chi connectivity index (χ0) is 14.5. The lowest BCUT2D eigenvalue weighted by atomic mass is 9.92. The first-order valence-electron chi connectivity index (χ1n) is 7.28. The third kappa shape index (κ3) is 4.04. The van der Waals surface area contributed by atoms with Crippen LogP contribution in [-0.2, 0) is 11.2 Å². The van der Waals surface area contributed by atoms with Crippen molar-refractivity contribution in [2.24, 2.45) is 5.92 Å². The number of aliphatic hydroxyl groups is 1. The van der Waals surface area contributed by atoms with Gasteiger partial charge in [-0.25, -0.2) is 4.39 Å². The minimum Gasteiger partial charge on any atom is -0.393 e. The van der Waals surface area contributed by atoms with Gasteiger partial charge in [-0.1, -0.05) is 25.1 Å². The summed E-state index contributed by atoms with van der Waals surface area (Å²) in [5, 5.41) is 12.4. The first-order chi connectivity index (χ1) is 9.56. The summed E-state index contributed by atoms with van der Waals surface area (Å²) in [6.45, 7) is 1.82. The number of halogens is 1. The standard InChI is InChI=1S/C16H22FNO2/c1-11(10-12-4-2-3-5-15(12)17)16(20)18-13-6-8-14(19)9-7-13/h2-5,11,13-14,19H,6-10H2,1H3,(H,18,20). The lowest BCUT2D eigenvalue weighted by molar-refractivity contribution is -0.125. The summed E-state index contributed by atoms with van der Waals surface area (Å²) < 4.78 is 13.6. The predicted octanol–water partition coefficient (Wildman–Crippen LogP) is 2.42. The van der Waals surface area contributed by atoms with Crippen LogP contribution in [0.5, 0.6) is 0 Å². The third-order valence-electron chi connectivity index (χ3n) is 3.97. The van der Waals surface area contributed by atoms with E-state index >= 15 is 0 Å². The summed E-state index contributed by atoms with van der Waals surface area (Å²) in [5.74, 6) is -0.540. The molecule has 0 bridgehead atoms. The van der Waals surface area contributed by atoms with Crippen LogP contribution in [0.15, 0.2) is 24.3 Å². The molecule has 0 saturated heterocycles. The fourth-order valence-electron chi connectivity index (χ4n) is 2.65. The molecule has 2 rings (SSSR count). The highest BCUT2D eigenvalue weighted by atomic mass is 19.1. The molecule has 1 aliphatic carbocycles. The summed E-state index contributed by atoms with van der Waals surface area (Å²) in [6.07, 6.45) is 3.31. The van der Waals surface area contributed by atoms with Crippen molar-refractivity contribution in [1.29, 1.82) is 0 Å². The average Bonchev–Trinajstić information content (AvgIpc) is 2.44. The molecule has 0 radical (unpaired) electrons. The first kappa shape index (κ1) is 15.0. The Bertz CT molecular complexity index is 456. The highest BCUT2D eigenvalue weighted by molar-refractivity contribution is 5.78. The molecule has 1 unspecified atom stereocenters. The molecule has 1 fully saturated rings. The van der Waals surface area contributed by atoms with Gasteiger partial charge in [0, 0.05) is 12.0 Å². The van der Waals surface area contributed by atoms with Crippen LogP contribution in [0.1, 0.15) is 38.2 Å². The predicted molar refractivity (Wildman–Crippen MR) is 75.7 cm³/mol. The Hall–Kier alpha value is -1.42. The molecule has 1 aromatic carbocycles. The number of carbonyl (C=O) groups excluding carboxylic acids is 1. The molecule has 1 aromatic rings. The smallest absolute Gasteiger partial charge is 0.223 e. The number of benzene rings is 1. The number of nitrogens with one attached hydrogen (secondary N) is 1. The SMILES string of the molecule is CC(Cc1ccccc1F)C(=O)NC1CCC(O)CC1. The zero-order valence-electron chi connectivity index (χ0n) is 11.8. The number of aliphatic hydroxyl groups excluding tert-OH is 1. The maximum atomic E-state index is 13.6. The Morgan fingerprint density at radius 3 is 2.65 bits per heavy atom. The second-order valence-corrected chi connectivity index (χ2v) is 5.71. The quantitative estimate of drug-likeness (QED) is 0.889. The maximum Gasteiger partial charge on any atom is 0.223 e. The van der Waals surface area contributed by atoms with E-state index in [4.69, 9.17) is 0 Å². The van der Waals surface area contributed by atoms with Gasteiger partial charge in [-0.15, -0.1) is 0 Å². The highest BCUT2D eigenvalue weighted by Crippen LogP contribution is 2.19. The van der Waals surface area contributed by atoms with Crippen LogP contribution in [0.2, 0.25) is 0 Å². The Kier molecular flexibility index (Phi) is 5.12. The Labute approximate surface area is 119 Å². The molecule has 1 atom stereocenters. The zero-order valence-corrected chi connectivity index (χ0v) is 11.8. The van der Waals surface area contributed by atoms with Crippen molar-refractivity contribution in [3.8, 4) is 0 Å². The van der Waals surface area contributed by atoms with Crippen molar-refractivity contribution in [2.75, 3.05) is 0 Å². The van der Waals surface area contributed by atoms with E-state index in [0.717, 1.165) is 25.7 Å². The van der Waals surface area contributed by atoms with Gasteiger partial charge < -0.3 is 10.4 Å². The molecule has 4 heteroatoms. The number of amides is 1. The number of rotatable bonds is 4. The summed E-state index contributed by atoms with van der Waals surface area (Å²) in [6, 6.07) is 6.72. The van der Waals surface area contributed by atoms with Crippen LogP contribution in [-0.4, -0.2) is 23.2 Å². The van der Waals surface area contributed by atoms with Gasteiger partial charge in [0.2, 0.25) is 5.91 Å². The van der Waals surface area contributed by atoms with Gasteiger partial charge in [0.25, 0.3) is 0 Å². The van der Waals surface area contributed by atoms with Crippen LogP contribution in [0.3, 0.4) is 0 Å². The van der Waals surface area contributed by atoms with Crippen LogP contribution in [0.25, 0.3) is 0 Å². The molecule has 1 amide bonds. The summed E-state index contributed by atoms with van der Waals surface area (Å²) >= 11 is 0.